The van der Waals surface area contributed by atoms with E-state index in [1.54, 1.807) is 6.08 Å². The van der Waals surface area contributed by atoms with Crippen molar-refractivity contribution in [3.8, 4) is 11.5 Å². The van der Waals surface area contributed by atoms with Gasteiger partial charge >= 0.3 is 0 Å². The number of thioether (sulfide) groups is 1. The predicted molar refractivity (Wildman–Crippen MR) is 99.8 cm³/mol. The molecule has 1 aliphatic rings. The van der Waals surface area contributed by atoms with Crippen LogP contribution in [0.2, 0.25) is 0 Å². The summed E-state index contributed by atoms with van der Waals surface area (Å²) >= 11 is 1.37. The van der Waals surface area contributed by atoms with Gasteiger partial charge in [-0.15, -0.1) is 16.8 Å². The van der Waals surface area contributed by atoms with Gasteiger partial charge < -0.3 is 10.1 Å². The third kappa shape index (κ3) is 4.53. The Balaban J connectivity index is 1.78. The number of aryl methyl sites for hydroxylation is 1. The molecule has 0 bridgehead atoms. The van der Waals surface area contributed by atoms with E-state index in [0.717, 1.165) is 31.7 Å². The first-order valence-electron chi connectivity index (χ1n) is 8.80. The van der Waals surface area contributed by atoms with Crippen molar-refractivity contribution in [1.29, 1.82) is 0 Å². The summed E-state index contributed by atoms with van der Waals surface area (Å²) in [7, 11) is 0. The quantitative estimate of drug-likeness (QED) is 0.530. The van der Waals surface area contributed by atoms with Crippen molar-refractivity contribution in [2.24, 2.45) is 0 Å². The SMILES string of the molecule is C=CCNC(=O)CSc1nnc(-c2ccn(CC)n2)n1C[C@@H]1CCCO1. The van der Waals surface area contributed by atoms with Crippen molar-refractivity contribution in [1.82, 2.24) is 29.9 Å². The molecule has 3 rings (SSSR count). The lowest BCUT2D eigenvalue weighted by Gasteiger charge is -2.14. The summed E-state index contributed by atoms with van der Waals surface area (Å²) in [6.07, 6.45) is 5.82. The van der Waals surface area contributed by atoms with Gasteiger partial charge in [-0.3, -0.25) is 14.0 Å². The van der Waals surface area contributed by atoms with Gasteiger partial charge in [-0.25, -0.2) is 0 Å². The monoisotopic (exact) mass is 376 g/mol. The summed E-state index contributed by atoms with van der Waals surface area (Å²) in [5.41, 5.74) is 0.778. The first-order chi connectivity index (χ1) is 12.7. The van der Waals surface area contributed by atoms with Crippen molar-refractivity contribution in [2.45, 2.75) is 44.1 Å². The van der Waals surface area contributed by atoms with Gasteiger partial charge in [0, 0.05) is 25.9 Å². The molecule has 2 aromatic rings. The van der Waals surface area contributed by atoms with Crippen LogP contribution in [0.1, 0.15) is 19.8 Å². The maximum Gasteiger partial charge on any atom is 0.230 e. The number of rotatable bonds is 9. The van der Waals surface area contributed by atoms with Gasteiger partial charge in [0.2, 0.25) is 5.91 Å². The van der Waals surface area contributed by atoms with Crippen molar-refractivity contribution in [2.75, 3.05) is 18.9 Å². The molecular weight excluding hydrogens is 352 g/mol. The fourth-order valence-corrected chi connectivity index (χ4v) is 3.54. The molecule has 0 aliphatic carbocycles. The topological polar surface area (TPSA) is 86.9 Å². The van der Waals surface area contributed by atoms with Crippen LogP contribution in [0.25, 0.3) is 11.5 Å². The fraction of sp³-hybridized carbons (Fsp3) is 0.529. The van der Waals surface area contributed by atoms with Crippen LogP contribution in [0.4, 0.5) is 0 Å². The van der Waals surface area contributed by atoms with Crippen LogP contribution in [-0.4, -0.2) is 55.5 Å². The number of hydrogen-bond acceptors (Lipinski definition) is 6. The minimum atomic E-state index is -0.0571. The van der Waals surface area contributed by atoms with Crippen LogP contribution in [0.3, 0.4) is 0 Å². The van der Waals surface area contributed by atoms with E-state index in [-0.39, 0.29) is 17.8 Å². The molecule has 1 saturated heterocycles. The molecule has 0 radical (unpaired) electrons. The molecule has 1 amide bonds. The van der Waals surface area contributed by atoms with Crippen molar-refractivity contribution in [3.63, 3.8) is 0 Å². The minimum Gasteiger partial charge on any atom is -0.376 e. The number of ether oxygens (including phenoxy) is 1. The van der Waals surface area contributed by atoms with Gasteiger partial charge in [-0.1, -0.05) is 17.8 Å². The normalized spacial score (nSPS) is 16.7. The van der Waals surface area contributed by atoms with Crippen molar-refractivity contribution < 1.29 is 9.53 Å². The zero-order valence-corrected chi connectivity index (χ0v) is 15.7. The van der Waals surface area contributed by atoms with E-state index in [1.165, 1.54) is 11.8 Å². The van der Waals surface area contributed by atoms with Crippen LogP contribution >= 0.6 is 11.8 Å². The number of amides is 1. The second kappa shape index (κ2) is 9.00. The predicted octanol–water partition coefficient (Wildman–Crippen LogP) is 1.73. The Morgan fingerprint density at radius 3 is 3.12 bits per heavy atom. The second-order valence-corrected chi connectivity index (χ2v) is 6.93. The van der Waals surface area contributed by atoms with E-state index in [2.05, 4.69) is 27.2 Å². The van der Waals surface area contributed by atoms with E-state index in [9.17, 15) is 4.79 Å². The van der Waals surface area contributed by atoms with Gasteiger partial charge in [-0.05, 0) is 25.8 Å². The molecule has 26 heavy (non-hydrogen) atoms. The van der Waals surface area contributed by atoms with Crippen LogP contribution in [0, 0.1) is 0 Å². The third-order valence-corrected chi connectivity index (χ3v) is 5.06. The fourth-order valence-electron chi connectivity index (χ4n) is 2.77. The van der Waals surface area contributed by atoms with Gasteiger partial charge in [0.15, 0.2) is 11.0 Å². The van der Waals surface area contributed by atoms with E-state index < -0.39 is 0 Å². The standard InChI is InChI=1S/C17H24N6O2S/c1-3-8-18-15(24)12-26-17-20-19-16(14-7-9-22(4-2)21-14)23(17)11-13-6-5-10-25-13/h3,7,9,13H,1,4-6,8,10-12H2,2H3,(H,18,24)/t13-/m0/s1. The molecule has 1 fully saturated rings. The summed E-state index contributed by atoms with van der Waals surface area (Å²) in [5.74, 6) is 0.932. The zero-order valence-electron chi connectivity index (χ0n) is 14.9. The Morgan fingerprint density at radius 2 is 2.42 bits per heavy atom. The first-order valence-corrected chi connectivity index (χ1v) is 9.78. The first kappa shape index (κ1) is 18.7. The van der Waals surface area contributed by atoms with Gasteiger partial charge in [0.25, 0.3) is 0 Å². The lowest BCUT2D eigenvalue weighted by atomic mass is 10.2. The Bertz CT molecular complexity index is 750. The molecule has 1 N–H and O–H groups in total. The third-order valence-electron chi connectivity index (χ3n) is 4.10. The number of carbonyl (C=O) groups excluding carboxylic acids is 1. The average Bonchev–Trinajstić information content (AvgIpc) is 3.39. The molecular formula is C17H24N6O2S. The second-order valence-electron chi connectivity index (χ2n) is 5.99. The molecule has 140 valence electrons. The molecule has 8 nitrogen and oxygen atoms in total. The summed E-state index contributed by atoms with van der Waals surface area (Å²) in [5, 5.41) is 16.6. The van der Waals surface area contributed by atoms with E-state index in [1.807, 2.05) is 28.4 Å². The zero-order chi connectivity index (χ0) is 18.4. The van der Waals surface area contributed by atoms with Crippen LogP contribution < -0.4 is 5.32 Å². The molecule has 3 heterocycles. The number of nitrogens with zero attached hydrogens (tertiary/aromatic N) is 5. The Kier molecular flexibility index (Phi) is 6.45. The lowest BCUT2D eigenvalue weighted by molar-refractivity contribution is -0.118. The maximum absolute atomic E-state index is 11.9. The number of nitrogens with one attached hydrogen (secondary N) is 1. The number of aromatic nitrogens is 5. The Hall–Kier alpha value is -2.13. The lowest BCUT2D eigenvalue weighted by Crippen LogP contribution is -2.25. The molecule has 0 spiro atoms. The molecule has 1 atom stereocenters. The van der Waals surface area contributed by atoms with Crippen molar-refractivity contribution in [3.05, 3.63) is 24.9 Å². The highest BCUT2D eigenvalue weighted by molar-refractivity contribution is 7.99. The Morgan fingerprint density at radius 1 is 1.54 bits per heavy atom. The highest BCUT2D eigenvalue weighted by Gasteiger charge is 2.23. The van der Waals surface area contributed by atoms with E-state index in [4.69, 9.17) is 4.74 Å². The number of hydrogen-bond donors (Lipinski definition) is 1. The minimum absolute atomic E-state index is 0.0571. The Labute approximate surface area is 157 Å². The van der Waals surface area contributed by atoms with Crippen molar-refractivity contribution >= 4 is 17.7 Å². The smallest absolute Gasteiger partial charge is 0.230 e. The molecule has 0 saturated carbocycles. The maximum atomic E-state index is 11.9. The highest BCUT2D eigenvalue weighted by Crippen LogP contribution is 2.25. The highest BCUT2D eigenvalue weighted by atomic mass is 32.2. The van der Waals surface area contributed by atoms with Crippen LogP contribution in [0.5, 0.6) is 0 Å². The van der Waals surface area contributed by atoms with Crippen LogP contribution in [0.15, 0.2) is 30.1 Å². The summed E-state index contributed by atoms with van der Waals surface area (Å²) in [6, 6.07) is 1.94. The summed E-state index contributed by atoms with van der Waals surface area (Å²) in [6.45, 7) is 8.35. The van der Waals surface area contributed by atoms with Gasteiger partial charge in [0.05, 0.1) is 18.4 Å². The molecule has 1 aliphatic heterocycles. The largest absolute Gasteiger partial charge is 0.376 e. The summed E-state index contributed by atoms with van der Waals surface area (Å²) in [4.78, 5) is 11.9. The average molecular weight is 376 g/mol. The summed E-state index contributed by atoms with van der Waals surface area (Å²) < 4.78 is 9.65. The molecule has 0 aromatic carbocycles. The van der Waals surface area contributed by atoms with Gasteiger partial charge in [0.1, 0.15) is 5.69 Å². The van der Waals surface area contributed by atoms with E-state index >= 15 is 0 Å². The molecule has 0 unspecified atom stereocenters. The van der Waals surface area contributed by atoms with Crippen LogP contribution in [-0.2, 0) is 22.6 Å². The number of carbonyl (C=O) groups is 1. The van der Waals surface area contributed by atoms with Gasteiger partial charge in [-0.2, -0.15) is 5.10 Å². The molecule has 9 heteroatoms. The van der Waals surface area contributed by atoms with E-state index in [0.29, 0.717) is 24.1 Å². The molecule has 2 aromatic heterocycles.